The maximum atomic E-state index is 17.2. The molecule has 0 aliphatic carbocycles. The van der Waals surface area contributed by atoms with Gasteiger partial charge in [-0.15, -0.1) is 0 Å². The lowest BCUT2D eigenvalue weighted by Gasteiger charge is -2.32. The molecule has 7 aromatic carbocycles. The Hall–Kier alpha value is -7.91. The molecule has 1 saturated heterocycles. The first-order valence-electron chi connectivity index (χ1n) is 24.1. The van der Waals surface area contributed by atoms with Crippen molar-refractivity contribution < 1.29 is 42.6 Å². The van der Waals surface area contributed by atoms with Crippen molar-refractivity contribution in [3.05, 3.63) is 198 Å². The number of carbonyl (C=O) groups excluding carboxylic acids is 4. The average Bonchev–Trinajstić information content (AvgIpc) is 3.69. The van der Waals surface area contributed by atoms with Crippen LogP contribution in [0.25, 0.3) is 0 Å². The van der Waals surface area contributed by atoms with Crippen LogP contribution in [0.1, 0.15) is 50.8 Å². The zero-order valence-corrected chi connectivity index (χ0v) is 40.9. The van der Waals surface area contributed by atoms with Gasteiger partial charge in [-0.25, -0.2) is 0 Å². The van der Waals surface area contributed by atoms with Gasteiger partial charge in [-0.2, -0.15) is 0 Å². The van der Waals surface area contributed by atoms with E-state index in [1.165, 1.54) is 0 Å². The smallest absolute Gasteiger partial charge is 0.266 e. The number of amides is 4. The number of nitrogens with zero attached hydrogens (tertiary/aromatic N) is 4. The molecule has 12 nitrogen and oxygen atoms in total. The summed E-state index contributed by atoms with van der Waals surface area (Å²) < 4.78 is 37.0. The number of benzene rings is 7. The predicted molar refractivity (Wildman–Crippen MR) is 275 cm³/mol. The van der Waals surface area contributed by atoms with Crippen molar-refractivity contribution in [1.29, 1.82) is 0 Å². The largest absolute Gasteiger partial charge is 0.454 e. The van der Waals surface area contributed by atoms with Crippen molar-refractivity contribution in [1.82, 2.24) is 4.90 Å². The van der Waals surface area contributed by atoms with Crippen LogP contribution in [0.5, 0.6) is 23.0 Å². The van der Waals surface area contributed by atoms with Crippen LogP contribution in [0.15, 0.2) is 170 Å². The number of ether oxygens (including phenoxy) is 3. The topological polar surface area (TPSA) is 129 Å². The lowest BCUT2D eigenvalue weighted by Crippen LogP contribution is -2.45. The number of hydrogen-bond acceptors (Lipinski definition) is 8. The molecule has 362 valence electrons. The minimum absolute atomic E-state index is 0.0202. The van der Waals surface area contributed by atoms with Crippen LogP contribution in [0, 0.1) is 5.92 Å². The molecular weight excluding hydrogens is 928 g/mol. The quantitative estimate of drug-likeness (QED) is 0.100. The first kappa shape index (κ1) is 46.5. The molecular formula is C58H51FN4O8Si. The first-order chi connectivity index (χ1) is 34.8. The number of carbonyl (C=O) groups is 4. The monoisotopic (exact) mass is 978 g/mol. The molecule has 4 aliphatic heterocycles. The Bertz CT molecular complexity index is 3290. The van der Waals surface area contributed by atoms with E-state index in [4.69, 9.17) is 14.2 Å². The van der Waals surface area contributed by atoms with E-state index in [0.29, 0.717) is 73.7 Å². The molecule has 1 N–H and O–H groups in total. The van der Waals surface area contributed by atoms with E-state index in [1.807, 2.05) is 104 Å². The lowest BCUT2D eigenvalue weighted by molar-refractivity contribution is -0.150. The molecule has 0 bridgehead atoms. The fraction of sp³-hybridized carbons (Fsp3) is 0.207. The molecule has 1 spiro atoms. The van der Waals surface area contributed by atoms with Crippen LogP contribution in [0.3, 0.4) is 0 Å². The van der Waals surface area contributed by atoms with Crippen molar-refractivity contribution in [3.63, 3.8) is 0 Å². The second kappa shape index (κ2) is 18.4. The SMILES string of the molecule is C[C@H]1[C@H]([Si](C)(C)F)[C@@H](CC(=O)N(CCO)Cc2ccccc2)O[C@]12C(=O)N(Cc1cccc(N3C(=O)c4ccccc4Oc4ccccc43)c1)c1ccc(N3C(=O)c4ccccc4Oc4ccccc43)cc12. The third kappa shape index (κ3) is 7.92. The van der Waals surface area contributed by atoms with E-state index in [-0.39, 0.29) is 50.4 Å². The van der Waals surface area contributed by atoms with Gasteiger partial charge in [0.1, 0.15) is 11.5 Å². The van der Waals surface area contributed by atoms with Crippen molar-refractivity contribution in [3.8, 4) is 23.0 Å². The maximum absolute atomic E-state index is 17.2. The number of para-hydroxylation sites is 6. The van der Waals surface area contributed by atoms with E-state index in [0.717, 1.165) is 5.56 Å². The molecule has 4 atom stereocenters. The Balaban J connectivity index is 1.02. The molecule has 0 unspecified atom stereocenters. The second-order valence-corrected chi connectivity index (χ2v) is 23.0. The van der Waals surface area contributed by atoms with Crippen LogP contribution < -0.4 is 24.2 Å². The van der Waals surface area contributed by atoms with E-state index in [1.54, 1.807) is 105 Å². The average molecular weight is 979 g/mol. The zero-order chi connectivity index (χ0) is 49.9. The summed E-state index contributed by atoms with van der Waals surface area (Å²) in [5.74, 6) is -0.470. The summed E-state index contributed by atoms with van der Waals surface area (Å²) in [6.45, 7) is 5.00. The molecule has 4 aliphatic rings. The van der Waals surface area contributed by atoms with Crippen molar-refractivity contribution in [2.24, 2.45) is 5.92 Å². The third-order valence-corrected chi connectivity index (χ3v) is 16.8. The standard InChI is InChI=1S/C58H51FN4O8Si/c1-37-54(72(2,3)59)52(34-53(65)60(30-31-64)35-38-16-5-4-6-17-38)71-58(37)44-33-41(63-47-23-10-14-27-51(47)70-49-25-12-8-21-43(49)56(63)67)28-29-45(44)61(57(58)68)36-39-18-15-19-40(32-39)62-46-22-9-13-26-50(46)69-48-24-11-7-20-42(48)55(62)66/h4-29,32-33,37,52,54,64H,30-31,34-36H2,1-3H3/t37-,52+,54-,58+/m0/s1. The van der Waals surface area contributed by atoms with Crippen LogP contribution in [-0.2, 0) is 33.0 Å². The van der Waals surface area contributed by atoms with Crippen LogP contribution >= 0.6 is 0 Å². The molecule has 0 aromatic heterocycles. The number of aliphatic hydroxyl groups excluding tert-OH is 1. The summed E-state index contributed by atoms with van der Waals surface area (Å²) in [6.07, 6.45) is -1.27. The Morgan fingerprint density at radius 2 is 1.19 bits per heavy atom. The van der Waals surface area contributed by atoms with Gasteiger partial charge in [0.25, 0.3) is 17.7 Å². The molecule has 14 heteroatoms. The predicted octanol–water partition coefficient (Wildman–Crippen LogP) is 11.6. The fourth-order valence-corrected chi connectivity index (χ4v) is 13.6. The molecule has 7 aromatic rings. The fourth-order valence-electron chi connectivity index (χ4n) is 11.2. The number of aliphatic hydroxyl groups is 1. The Labute approximate surface area is 417 Å². The lowest BCUT2D eigenvalue weighted by atomic mass is 9.82. The Kier molecular flexibility index (Phi) is 11.9. The Morgan fingerprint density at radius 3 is 1.79 bits per heavy atom. The molecule has 72 heavy (non-hydrogen) atoms. The highest BCUT2D eigenvalue weighted by Crippen LogP contribution is 2.61. The van der Waals surface area contributed by atoms with Gasteiger partial charge in [-0.1, -0.05) is 97.9 Å². The number of halogens is 1. The molecule has 1 fully saturated rings. The summed E-state index contributed by atoms with van der Waals surface area (Å²) in [7, 11) is -3.77. The molecule has 4 heterocycles. The molecule has 4 amide bonds. The van der Waals surface area contributed by atoms with E-state index in [2.05, 4.69) is 0 Å². The maximum Gasteiger partial charge on any atom is 0.266 e. The number of fused-ring (bicyclic) bond motifs is 6. The van der Waals surface area contributed by atoms with Gasteiger partial charge in [0.15, 0.2) is 17.1 Å². The van der Waals surface area contributed by atoms with Crippen molar-refractivity contribution in [2.75, 3.05) is 27.9 Å². The highest BCUT2D eigenvalue weighted by Gasteiger charge is 2.67. The molecule has 11 rings (SSSR count). The first-order valence-corrected chi connectivity index (χ1v) is 27.1. The van der Waals surface area contributed by atoms with Gasteiger partial charge in [-0.3, -0.25) is 29.0 Å². The van der Waals surface area contributed by atoms with Crippen LogP contribution in [-0.4, -0.2) is 61.3 Å². The summed E-state index contributed by atoms with van der Waals surface area (Å²) in [6, 6.07) is 50.8. The minimum atomic E-state index is -3.77. The van der Waals surface area contributed by atoms with Gasteiger partial charge in [0.05, 0.1) is 53.9 Å². The van der Waals surface area contributed by atoms with E-state index >= 15 is 8.90 Å². The third-order valence-electron chi connectivity index (χ3n) is 14.3. The van der Waals surface area contributed by atoms with E-state index < -0.39 is 37.5 Å². The van der Waals surface area contributed by atoms with Gasteiger partial charge < -0.3 is 33.2 Å². The highest BCUT2D eigenvalue weighted by atomic mass is 28.4. The number of hydrogen-bond donors (Lipinski definition) is 1. The van der Waals surface area contributed by atoms with E-state index in [9.17, 15) is 19.5 Å². The number of anilines is 5. The molecule has 0 radical (unpaired) electrons. The Morgan fingerprint density at radius 1 is 0.653 bits per heavy atom. The normalized spacial score (nSPS) is 19.9. The van der Waals surface area contributed by atoms with Gasteiger partial charge in [0, 0.05) is 41.5 Å². The zero-order valence-electron chi connectivity index (χ0n) is 39.9. The van der Waals surface area contributed by atoms with Gasteiger partial charge in [-0.05, 0) is 103 Å². The minimum Gasteiger partial charge on any atom is -0.454 e. The van der Waals surface area contributed by atoms with Crippen molar-refractivity contribution >= 4 is 60.5 Å². The van der Waals surface area contributed by atoms with Gasteiger partial charge >= 0.3 is 0 Å². The summed E-state index contributed by atoms with van der Waals surface area (Å²) >= 11 is 0. The summed E-state index contributed by atoms with van der Waals surface area (Å²) in [5, 5.41) is 10.1. The summed E-state index contributed by atoms with van der Waals surface area (Å²) in [4.78, 5) is 66.0. The van der Waals surface area contributed by atoms with Crippen LogP contribution in [0.4, 0.5) is 32.5 Å². The van der Waals surface area contributed by atoms with Crippen molar-refractivity contribution in [2.45, 2.75) is 56.8 Å². The van der Waals surface area contributed by atoms with Crippen LogP contribution in [0.2, 0.25) is 18.6 Å². The second-order valence-electron chi connectivity index (χ2n) is 19.2. The number of rotatable bonds is 11. The summed E-state index contributed by atoms with van der Waals surface area (Å²) in [5.41, 5.74) is 2.51. The highest BCUT2D eigenvalue weighted by molar-refractivity contribution is 6.72. The molecule has 0 saturated carbocycles. The van der Waals surface area contributed by atoms with Gasteiger partial charge in [0.2, 0.25) is 14.3 Å².